The zero-order valence-electron chi connectivity index (χ0n) is 12.8. The molecule has 1 N–H and O–H groups in total. The van der Waals surface area contributed by atoms with E-state index in [2.05, 4.69) is 33.0 Å². The summed E-state index contributed by atoms with van der Waals surface area (Å²) in [6.07, 6.45) is 3.40. The van der Waals surface area contributed by atoms with Crippen LogP contribution in [0.15, 0.2) is 64.7 Å². The van der Waals surface area contributed by atoms with Crippen molar-refractivity contribution in [1.82, 2.24) is 5.43 Å². The highest BCUT2D eigenvalue weighted by Gasteiger charge is 2.04. The van der Waals surface area contributed by atoms with Crippen molar-refractivity contribution in [3.63, 3.8) is 0 Å². The van der Waals surface area contributed by atoms with Crippen molar-refractivity contribution in [2.45, 2.75) is 6.42 Å². The van der Waals surface area contributed by atoms with Gasteiger partial charge >= 0.3 is 0 Å². The van der Waals surface area contributed by atoms with Gasteiger partial charge in [0.15, 0.2) is 0 Å². The smallest absolute Gasteiger partial charge is 0.244 e. The molecule has 0 aliphatic heterocycles. The minimum atomic E-state index is -0.204. The second kappa shape index (κ2) is 9.25. The Labute approximate surface area is 154 Å². The Bertz CT molecular complexity index is 745. The molecule has 2 aromatic rings. The monoisotopic (exact) mass is 406 g/mol. The second-order valence-corrected chi connectivity index (χ2v) is 6.23. The van der Waals surface area contributed by atoms with Crippen molar-refractivity contribution in [3.8, 4) is 5.75 Å². The molecule has 4 nitrogen and oxygen atoms in total. The Morgan fingerprint density at radius 3 is 2.75 bits per heavy atom. The van der Waals surface area contributed by atoms with E-state index in [1.807, 2.05) is 24.3 Å². The first kappa shape index (κ1) is 18.2. The molecule has 0 fully saturated rings. The summed E-state index contributed by atoms with van der Waals surface area (Å²) >= 11 is 9.34. The van der Waals surface area contributed by atoms with Gasteiger partial charge < -0.3 is 4.74 Å². The van der Waals surface area contributed by atoms with Gasteiger partial charge in [-0.05, 0) is 35.9 Å². The Kier molecular flexibility index (Phi) is 7.03. The normalized spacial score (nSPS) is 10.6. The topological polar surface area (TPSA) is 50.7 Å². The van der Waals surface area contributed by atoms with E-state index in [1.54, 1.807) is 24.3 Å². The fraction of sp³-hybridized carbons (Fsp3) is 0.111. The second-order valence-electron chi connectivity index (χ2n) is 4.88. The Morgan fingerprint density at radius 2 is 2.04 bits per heavy atom. The van der Waals surface area contributed by atoms with Crippen LogP contribution in [0, 0.1) is 0 Å². The van der Waals surface area contributed by atoms with Gasteiger partial charge in [0.1, 0.15) is 12.4 Å². The molecule has 0 aliphatic carbocycles. The number of nitrogens with zero attached hydrogens (tertiary/aromatic N) is 1. The van der Waals surface area contributed by atoms with Crippen molar-refractivity contribution in [3.05, 3.63) is 75.7 Å². The highest BCUT2D eigenvalue weighted by molar-refractivity contribution is 9.10. The average Bonchev–Trinajstić information content (AvgIpc) is 2.56. The summed E-state index contributed by atoms with van der Waals surface area (Å²) in [6, 6.07) is 12.7. The van der Waals surface area contributed by atoms with Gasteiger partial charge in [0.2, 0.25) is 5.91 Å². The molecular weight excluding hydrogens is 392 g/mol. The van der Waals surface area contributed by atoms with Crippen LogP contribution in [-0.4, -0.2) is 18.7 Å². The Hall–Kier alpha value is -2.11. The number of nitrogens with one attached hydrogen (secondary N) is 1. The number of ether oxygens (including phenoxy) is 1. The van der Waals surface area contributed by atoms with Gasteiger partial charge in [-0.1, -0.05) is 52.3 Å². The zero-order chi connectivity index (χ0) is 17.4. The van der Waals surface area contributed by atoms with E-state index in [0.717, 1.165) is 10.0 Å². The largest absolute Gasteiger partial charge is 0.489 e. The third-order valence-electron chi connectivity index (χ3n) is 3.00. The third kappa shape index (κ3) is 5.83. The maximum Gasteiger partial charge on any atom is 0.244 e. The number of benzene rings is 2. The maximum atomic E-state index is 11.9. The average molecular weight is 408 g/mol. The van der Waals surface area contributed by atoms with E-state index in [-0.39, 0.29) is 12.3 Å². The summed E-state index contributed by atoms with van der Waals surface area (Å²) in [4.78, 5) is 11.9. The summed E-state index contributed by atoms with van der Waals surface area (Å²) in [6.45, 7) is 3.98. The molecule has 124 valence electrons. The van der Waals surface area contributed by atoms with Crippen LogP contribution in [0.2, 0.25) is 5.02 Å². The van der Waals surface area contributed by atoms with Crippen LogP contribution in [0.4, 0.5) is 0 Å². The standard InChI is InChI=1S/C18H16BrClN2O2/c1-2-9-24-17-8-7-16(20)11-14(17)12-21-22-18(23)10-13-3-5-15(19)6-4-13/h2-8,11-12H,1,9-10H2,(H,22,23)/b21-12-. The van der Waals surface area contributed by atoms with E-state index in [9.17, 15) is 4.79 Å². The first-order valence-corrected chi connectivity index (χ1v) is 8.35. The van der Waals surface area contributed by atoms with Gasteiger partial charge in [-0.15, -0.1) is 0 Å². The molecule has 1 amide bonds. The molecule has 2 rings (SSSR count). The predicted octanol–water partition coefficient (Wildman–Crippen LogP) is 4.36. The van der Waals surface area contributed by atoms with E-state index in [4.69, 9.17) is 16.3 Å². The lowest BCUT2D eigenvalue weighted by molar-refractivity contribution is -0.120. The Balaban J connectivity index is 1.97. The minimum Gasteiger partial charge on any atom is -0.489 e. The molecule has 6 heteroatoms. The first-order chi connectivity index (χ1) is 11.6. The predicted molar refractivity (Wildman–Crippen MR) is 101 cm³/mol. The SMILES string of the molecule is C=CCOc1ccc(Cl)cc1/C=N\NC(=O)Cc1ccc(Br)cc1. The van der Waals surface area contributed by atoms with Crippen molar-refractivity contribution in [1.29, 1.82) is 0 Å². The highest BCUT2D eigenvalue weighted by atomic mass is 79.9. The molecule has 0 saturated carbocycles. The summed E-state index contributed by atoms with van der Waals surface area (Å²) in [7, 11) is 0. The van der Waals surface area contributed by atoms with Crippen LogP contribution < -0.4 is 10.2 Å². The lowest BCUT2D eigenvalue weighted by Crippen LogP contribution is -2.19. The van der Waals surface area contributed by atoms with E-state index in [0.29, 0.717) is 22.9 Å². The molecule has 0 atom stereocenters. The number of halogens is 2. The van der Waals surface area contributed by atoms with Crippen molar-refractivity contribution < 1.29 is 9.53 Å². The summed E-state index contributed by atoms with van der Waals surface area (Å²) in [5.41, 5.74) is 4.08. The van der Waals surface area contributed by atoms with Crippen molar-refractivity contribution in [2.75, 3.05) is 6.61 Å². The molecule has 0 aromatic heterocycles. The van der Waals surface area contributed by atoms with Gasteiger partial charge in [0.05, 0.1) is 12.6 Å². The van der Waals surface area contributed by atoms with Crippen LogP contribution in [0.5, 0.6) is 5.75 Å². The minimum absolute atomic E-state index is 0.204. The fourth-order valence-electron chi connectivity index (χ4n) is 1.90. The number of hydrogen-bond acceptors (Lipinski definition) is 3. The van der Waals surface area contributed by atoms with Crippen LogP contribution in [0.25, 0.3) is 0 Å². The molecule has 0 heterocycles. The molecule has 0 bridgehead atoms. The number of carbonyl (C=O) groups excluding carboxylic acids is 1. The third-order valence-corrected chi connectivity index (χ3v) is 3.76. The Morgan fingerprint density at radius 1 is 1.29 bits per heavy atom. The molecule has 2 aromatic carbocycles. The molecule has 0 unspecified atom stereocenters. The van der Waals surface area contributed by atoms with Gasteiger partial charge in [-0.25, -0.2) is 5.43 Å². The van der Waals surface area contributed by atoms with Gasteiger partial charge in [0.25, 0.3) is 0 Å². The van der Waals surface area contributed by atoms with E-state index < -0.39 is 0 Å². The lowest BCUT2D eigenvalue weighted by Gasteiger charge is -2.07. The number of amides is 1. The summed E-state index contributed by atoms with van der Waals surface area (Å²) < 4.78 is 6.49. The number of hydrogen-bond donors (Lipinski definition) is 1. The molecule has 0 radical (unpaired) electrons. The molecule has 0 spiro atoms. The zero-order valence-corrected chi connectivity index (χ0v) is 15.2. The van der Waals surface area contributed by atoms with Gasteiger partial charge in [-0.3, -0.25) is 4.79 Å². The number of carbonyl (C=O) groups is 1. The first-order valence-electron chi connectivity index (χ1n) is 7.18. The number of rotatable bonds is 7. The molecule has 24 heavy (non-hydrogen) atoms. The van der Waals surface area contributed by atoms with Crippen LogP contribution in [0.1, 0.15) is 11.1 Å². The van der Waals surface area contributed by atoms with Crippen molar-refractivity contribution in [2.24, 2.45) is 5.10 Å². The molecule has 0 saturated heterocycles. The fourth-order valence-corrected chi connectivity index (χ4v) is 2.35. The van der Waals surface area contributed by atoms with Crippen molar-refractivity contribution >= 4 is 39.7 Å². The van der Waals surface area contributed by atoms with Crippen LogP contribution in [-0.2, 0) is 11.2 Å². The van der Waals surface area contributed by atoms with Gasteiger partial charge in [0, 0.05) is 15.1 Å². The van der Waals surface area contributed by atoms with Crippen LogP contribution in [0.3, 0.4) is 0 Å². The maximum absolute atomic E-state index is 11.9. The van der Waals surface area contributed by atoms with E-state index >= 15 is 0 Å². The number of hydrazone groups is 1. The lowest BCUT2D eigenvalue weighted by atomic mass is 10.1. The molecular formula is C18H16BrClN2O2. The van der Waals surface area contributed by atoms with E-state index in [1.165, 1.54) is 6.21 Å². The van der Waals surface area contributed by atoms with Crippen LogP contribution >= 0.6 is 27.5 Å². The molecule has 0 aliphatic rings. The quantitative estimate of drug-likeness (QED) is 0.421. The summed E-state index contributed by atoms with van der Waals surface area (Å²) in [5.74, 6) is 0.411. The summed E-state index contributed by atoms with van der Waals surface area (Å²) in [5, 5.41) is 4.53. The highest BCUT2D eigenvalue weighted by Crippen LogP contribution is 2.21. The van der Waals surface area contributed by atoms with Gasteiger partial charge in [-0.2, -0.15) is 5.10 Å².